The molecule has 27 heavy (non-hydrogen) atoms. The fraction of sp³-hybridized carbons (Fsp3) is 0.579. The zero-order valence-electron chi connectivity index (χ0n) is 16.0. The van der Waals surface area contributed by atoms with Gasteiger partial charge >= 0.3 is 0 Å². The number of hydrogen-bond acceptors (Lipinski definition) is 7. The van der Waals surface area contributed by atoms with Crippen molar-refractivity contribution >= 4 is 26.4 Å². The first-order chi connectivity index (χ1) is 12.8. The summed E-state index contributed by atoms with van der Waals surface area (Å²) < 4.78 is 30.6. The van der Waals surface area contributed by atoms with Crippen LogP contribution >= 0.6 is 0 Å². The van der Waals surface area contributed by atoms with Crippen molar-refractivity contribution in [3.63, 3.8) is 0 Å². The molecule has 2 aliphatic rings. The molecule has 1 aliphatic carbocycles. The minimum absolute atomic E-state index is 0.0701. The number of aromatic nitrogens is 2. The summed E-state index contributed by atoms with van der Waals surface area (Å²) in [5.74, 6) is 2.25. The number of hydrogen-bond donors (Lipinski definition) is 1. The van der Waals surface area contributed by atoms with Crippen molar-refractivity contribution in [2.75, 3.05) is 38.5 Å². The molecule has 0 radical (unpaired) electrons. The monoisotopic (exact) mass is 390 g/mol. The van der Waals surface area contributed by atoms with E-state index in [9.17, 15) is 4.21 Å². The first-order valence-corrected chi connectivity index (χ1v) is 11.2. The number of nitrogens with one attached hydrogen (secondary N) is 1. The molecule has 1 saturated carbocycles. The lowest BCUT2D eigenvalue weighted by molar-refractivity contribution is 0.101. The maximum Gasteiger partial charge on any atom is 0.162 e. The molecule has 1 spiro atoms. The Morgan fingerprint density at radius 1 is 1.15 bits per heavy atom. The van der Waals surface area contributed by atoms with Crippen molar-refractivity contribution in [3.8, 4) is 11.5 Å². The standard InChI is InChI=1S/C19H26N4O3S/c1-25-16-8-14-15(9-17(16)26-2)21-12-22-18(14)23-6-4-19(5-7-23)10-13(11-19)27(3,20)24/h8-9,12-13,20H,4-7,10-11H2,1-3H3. The summed E-state index contributed by atoms with van der Waals surface area (Å²) in [6.07, 6.45) is 7.13. The number of anilines is 1. The Kier molecular flexibility index (Phi) is 4.41. The summed E-state index contributed by atoms with van der Waals surface area (Å²) in [5, 5.41) is 1.03. The Morgan fingerprint density at radius 2 is 1.78 bits per heavy atom. The van der Waals surface area contributed by atoms with E-state index < -0.39 is 9.73 Å². The van der Waals surface area contributed by atoms with Gasteiger partial charge in [-0.15, -0.1) is 0 Å². The van der Waals surface area contributed by atoms with Crippen LogP contribution in [0.2, 0.25) is 0 Å². The molecule has 2 aromatic rings. The molecule has 7 nitrogen and oxygen atoms in total. The highest BCUT2D eigenvalue weighted by molar-refractivity contribution is 7.92. The molecule has 1 N–H and O–H groups in total. The van der Waals surface area contributed by atoms with Gasteiger partial charge in [-0.25, -0.2) is 14.2 Å². The van der Waals surface area contributed by atoms with Crippen LogP contribution in [0.25, 0.3) is 10.9 Å². The third-order valence-corrected chi connectivity index (χ3v) is 7.81. The van der Waals surface area contributed by atoms with Crippen molar-refractivity contribution in [2.45, 2.75) is 30.9 Å². The van der Waals surface area contributed by atoms with Crippen molar-refractivity contribution in [3.05, 3.63) is 18.5 Å². The molecule has 146 valence electrons. The van der Waals surface area contributed by atoms with Gasteiger partial charge in [-0.1, -0.05) is 0 Å². The van der Waals surface area contributed by atoms with E-state index in [1.54, 1.807) is 26.8 Å². The lowest BCUT2D eigenvalue weighted by atomic mass is 9.63. The van der Waals surface area contributed by atoms with Gasteiger partial charge in [0, 0.05) is 45.8 Å². The average Bonchev–Trinajstić information content (AvgIpc) is 2.63. The summed E-state index contributed by atoms with van der Waals surface area (Å²) >= 11 is 0. The van der Waals surface area contributed by atoms with Gasteiger partial charge in [0.25, 0.3) is 0 Å². The van der Waals surface area contributed by atoms with Crippen LogP contribution in [0.3, 0.4) is 0 Å². The molecular weight excluding hydrogens is 364 g/mol. The van der Waals surface area contributed by atoms with E-state index in [4.69, 9.17) is 14.3 Å². The van der Waals surface area contributed by atoms with E-state index in [2.05, 4.69) is 14.9 Å². The molecule has 2 heterocycles. The van der Waals surface area contributed by atoms with Crippen molar-refractivity contribution in [1.82, 2.24) is 9.97 Å². The van der Waals surface area contributed by atoms with Gasteiger partial charge in [0.05, 0.1) is 19.7 Å². The third kappa shape index (κ3) is 3.20. The zero-order valence-corrected chi connectivity index (χ0v) is 16.8. The van der Waals surface area contributed by atoms with Gasteiger partial charge in [0.2, 0.25) is 0 Å². The molecule has 0 amide bonds. The van der Waals surface area contributed by atoms with Crippen LogP contribution in [0.4, 0.5) is 5.82 Å². The second kappa shape index (κ2) is 6.51. The highest BCUT2D eigenvalue weighted by Crippen LogP contribution is 2.52. The largest absolute Gasteiger partial charge is 0.493 e. The molecule has 1 aliphatic heterocycles. The normalized spacial score (nSPS) is 21.7. The summed E-state index contributed by atoms with van der Waals surface area (Å²) in [6, 6.07) is 3.83. The Hall–Kier alpha value is -2.09. The van der Waals surface area contributed by atoms with E-state index in [0.717, 1.165) is 55.5 Å². The summed E-state index contributed by atoms with van der Waals surface area (Å²) in [7, 11) is 0.836. The van der Waals surface area contributed by atoms with Gasteiger partial charge < -0.3 is 14.4 Å². The Labute approximate surface area is 160 Å². The minimum Gasteiger partial charge on any atom is -0.493 e. The lowest BCUT2D eigenvalue weighted by Gasteiger charge is -2.52. The van der Waals surface area contributed by atoms with E-state index in [1.165, 1.54) is 0 Å². The van der Waals surface area contributed by atoms with E-state index in [0.29, 0.717) is 11.5 Å². The molecule has 2 fully saturated rings. The second-order valence-corrected chi connectivity index (χ2v) is 10.3. The molecule has 4 rings (SSSR count). The Bertz CT molecular complexity index is 960. The summed E-state index contributed by atoms with van der Waals surface area (Å²) in [5.41, 5.74) is 1.10. The molecule has 1 aromatic carbocycles. The Morgan fingerprint density at radius 3 is 2.37 bits per heavy atom. The van der Waals surface area contributed by atoms with Gasteiger partial charge in [0.1, 0.15) is 12.1 Å². The molecule has 8 heteroatoms. The van der Waals surface area contributed by atoms with Crippen LogP contribution in [0, 0.1) is 10.2 Å². The van der Waals surface area contributed by atoms with Gasteiger partial charge in [-0.2, -0.15) is 0 Å². The number of fused-ring (bicyclic) bond motifs is 1. The van der Waals surface area contributed by atoms with Crippen LogP contribution in [0.5, 0.6) is 11.5 Å². The van der Waals surface area contributed by atoms with Gasteiger partial charge in [-0.3, -0.25) is 4.78 Å². The van der Waals surface area contributed by atoms with Gasteiger partial charge in [0.15, 0.2) is 11.5 Å². The first-order valence-electron chi connectivity index (χ1n) is 9.19. The lowest BCUT2D eigenvalue weighted by Crippen LogP contribution is -2.51. The van der Waals surface area contributed by atoms with Crippen molar-refractivity contribution < 1.29 is 13.7 Å². The molecule has 1 aromatic heterocycles. The maximum atomic E-state index is 12.0. The summed E-state index contributed by atoms with van der Waals surface area (Å²) in [4.78, 5) is 11.2. The van der Waals surface area contributed by atoms with Crippen LogP contribution in [-0.2, 0) is 9.73 Å². The topological polar surface area (TPSA) is 88.4 Å². The maximum absolute atomic E-state index is 12.0. The highest BCUT2D eigenvalue weighted by Gasteiger charge is 2.48. The smallest absolute Gasteiger partial charge is 0.162 e. The van der Waals surface area contributed by atoms with E-state index in [1.807, 2.05) is 12.1 Å². The van der Waals surface area contributed by atoms with Crippen molar-refractivity contribution in [2.24, 2.45) is 5.41 Å². The minimum atomic E-state index is -2.41. The van der Waals surface area contributed by atoms with Crippen LogP contribution < -0.4 is 14.4 Å². The van der Waals surface area contributed by atoms with Crippen LogP contribution in [-0.4, -0.2) is 53.0 Å². The zero-order chi connectivity index (χ0) is 19.2. The number of benzene rings is 1. The molecule has 1 atom stereocenters. The molecule has 1 unspecified atom stereocenters. The second-order valence-electron chi connectivity index (χ2n) is 7.84. The Balaban J connectivity index is 1.56. The molecular formula is C19H26N4O3S. The first kappa shape index (κ1) is 18.3. The third-order valence-electron chi connectivity index (χ3n) is 6.20. The van der Waals surface area contributed by atoms with Crippen molar-refractivity contribution in [1.29, 1.82) is 4.78 Å². The number of methoxy groups -OCH3 is 2. The highest BCUT2D eigenvalue weighted by atomic mass is 32.2. The van der Waals surface area contributed by atoms with E-state index >= 15 is 0 Å². The fourth-order valence-corrected chi connectivity index (χ4v) is 5.79. The average molecular weight is 391 g/mol. The van der Waals surface area contributed by atoms with Gasteiger partial charge in [-0.05, 0) is 37.2 Å². The molecule has 1 saturated heterocycles. The fourth-order valence-electron chi connectivity index (χ4n) is 4.45. The quantitative estimate of drug-likeness (QED) is 0.863. The predicted molar refractivity (Wildman–Crippen MR) is 106 cm³/mol. The predicted octanol–water partition coefficient (Wildman–Crippen LogP) is 3.07. The van der Waals surface area contributed by atoms with E-state index in [-0.39, 0.29) is 10.7 Å². The number of rotatable bonds is 4. The van der Waals surface area contributed by atoms with Crippen LogP contribution in [0.15, 0.2) is 18.5 Å². The number of ether oxygens (including phenoxy) is 2. The summed E-state index contributed by atoms with van der Waals surface area (Å²) in [6.45, 7) is 1.83. The number of piperidine rings is 1. The van der Waals surface area contributed by atoms with Crippen LogP contribution in [0.1, 0.15) is 25.7 Å². The number of nitrogens with zero attached hydrogens (tertiary/aromatic N) is 3. The SMILES string of the molecule is COc1cc2ncnc(N3CCC4(CC3)CC(S(C)(=N)=O)C4)c2cc1OC. The molecule has 0 bridgehead atoms.